The number of likely N-dealkylation sites (tertiary alicyclic amines) is 1. The van der Waals surface area contributed by atoms with Gasteiger partial charge in [0.25, 0.3) is 0 Å². The van der Waals surface area contributed by atoms with E-state index in [1.165, 1.54) is 37.4 Å². The summed E-state index contributed by atoms with van der Waals surface area (Å²) in [5.74, 6) is 0.799. The fourth-order valence-electron chi connectivity index (χ4n) is 3.86. The molecular formula is C14H22N2O3S. The Morgan fingerprint density at radius 2 is 1.80 bits per heavy atom. The standard InChI is InChI=1S/C14H22N2O3S/c17-13(18)12-8-20-9-16(12)14(19)15-7-3-5-10-4-1-2-6-11(10)15/h10-12H,1-9H2,(H,17,18). The molecule has 0 aromatic rings. The van der Waals surface area contributed by atoms with Gasteiger partial charge in [0.05, 0.1) is 5.88 Å². The van der Waals surface area contributed by atoms with Crippen molar-refractivity contribution in [3.8, 4) is 0 Å². The first-order chi connectivity index (χ1) is 9.68. The van der Waals surface area contributed by atoms with Crippen molar-refractivity contribution in [2.45, 2.75) is 50.6 Å². The largest absolute Gasteiger partial charge is 0.480 e. The third kappa shape index (κ3) is 2.50. The first kappa shape index (κ1) is 14.0. The molecule has 2 saturated heterocycles. The van der Waals surface area contributed by atoms with Gasteiger partial charge >= 0.3 is 12.0 Å². The molecule has 0 aromatic heterocycles. The number of carboxylic acid groups (broad SMARTS) is 1. The molecule has 3 fully saturated rings. The predicted octanol–water partition coefficient (Wildman–Crippen LogP) is 2.22. The summed E-state index contributed by atoms with van der Waals surface area (Å²) in [6.07, 6.45) is 7.08. The molecule has 20 heavy (non-hydrogen) atoms. The molecule has 0 spiro atoms. The molecule has 3 rings (SSSR count). The Kier molecular flexibility index (Phi) is 4.10. The summed E-state index contributed by atoms with van der Waals surface area (Å²) in [6.45, 7) is 0.799. The van der Waals surface area contributed by atoms with E-state index in [1.54, 1.807) is 4.90 Å². The number of fused-ring (bicyclic) bond motifs is 1. The van der Waals surface area contributed by atoms with Gasteiger partial charge in [-0.2, -0.15) is 0 Å². The molecule has 112 valence electrons. The van der Waals surface area contributed by atoms with Gasteiger partial charge in [-0.15, -0.1) is 11.8 Å². The van der Waals surface area contributed by atoms with Gasteiger partial charge in [-0.1, -0.05) is 12.8 Å². The Balaban J connectivity index is 1.73. The molecule has 6 heteroatoms. The first-order valence-electron chi connectivity index (χ1n) is 7.56. The van der Waals surface area contributed by atoms with E-state index in [0.29, 0.717) is 23.6 Å². The van der Waals surface area contributed by atoms with E-state index >= 15 is 0 Å². The predicted molar refractivity (Wildman–Crippen MR) is 77.7 cm³/mol. The molecule has 0 radical (unpaired) electrons. The van der Waals surface area contributed by atoms with E-state index in [-0.39, 0.29) is 6.03 Å². The fraction of sp³-hybridized carbons (Fsp3) is 0.857. The molecule has 1 aliphatic carbocycles. The van der Waals surface area contributed by atoms with E-state index in [2.05, 4.69) is 0 Å². The van der Waals surface area contributed by atoms with Crippen molar-refractivity contribution in [3.63, 3.8) is 0 Å². The van der Waals surface area contributed by atoms with Crippen LogP contribution in [0.1, 0.15) is 38.5 Å². The van der Waals surface area contributed by atoms with Crippen molar-refractivity contribution >= 4 is 23.8 Å². The molecule has 5 nitrogen and oxygen atoms in total. The van der Waals surface area contributed by atoms with Crippen molar-refractivity contribution in [1.82, 2.24) is 9.80 Å². The smallest absolute Gasteiger partial charge is 0.327 e. The van der Waals surface area contributed by atoms with Crippen LogP contribution in [0.2, 0.25) is 0 Å². The zero-order valence-corrected chi connectivity index (χ0v) is 12.5. The average molecular weight is 298 g/mol. The number of aliphatic carboxylic acids is 1. The van der Waals surface area contributed by atoms with Gasteiger partial charge in [-0.05, 0) is 31.6 Å². The third-order valence-corrected chi connectivity index (χ3v) is 5.91. The van der Waals surface area contributed by atoms with E-state index in [4.69, 9.17) is 0 Å². The van der Waals surface area contributed by atoms with Crippen LogP contribution in [0.5, 0.6) is 0 Å². The van der Waals surface area contributed by atoms with Crippen LogP contribution in [0.15, 0.2) is 0 Å². The molecule has 0 aromatic carbocycles. The second-order valence-corrected chi connectivity index (χ2v) is 7.05. The summed E-state index contributed by atoms with van der Waals surface area (Å²) < 4.78 is 0. The topological polar surface area (TPSA) is 60.9 Å². The van der Waals surface area contributed by atoms with Crippen LogP contribution >= 0.6 is 11.8 Å². The van der Waals surface area contributed by atoms with Crippen LogP contribution < -0.4 is 0 Å². The number of carbonyl (C=O) groups excluding carboxylic acids is 1. The van der Waals surface area contributed by atoms with Crippen LogP contribution in [0, 0.1) is 5.92 Å². The maximum absolute atomic E-state index is 12.7. The molecule has 2 amide bonds. The monoisotopic (exact) mass is 298 g/mol. The number of piperidine rings is 1. The summed E-state index contributed by atoms with van der Waals surface area (Å²) in [6, 6.07) is -0.333. The number of thioether (sulfide) groups is 1. The lowest BCUT2D eigenvalue weighted by Crippen LogP contribution is -2.56. The molecular weight excluding hydrogens is 276 g/mol. The van der Waals surface area contributed by atoms with Crippen molar-refractivity contribution in [3.05, 3.63) is 0 Å². The molecule has 3 unspecified atom stereocenters. The number of hydrogen-bond acceptors (Lipinski definition) is 3. The number of amides is 2. The van der Waals surface area contributed by atoms with Gasteiger partial charge in [0.1, 0.15) is 6.04 Å². The number of hydrogen-bond donors (Lipinski definition) is 1. The van der Waals surface area contributed by atoms with Gasteiger partial charge in [0.2, 0.25) is 0 Å². The number of carbonyl (C=O) groups is 2. The van der Waals surface area contributed by atoms with Crippen LogP contribution in [-0.2, 0) is 4.79 Å². The summed E-state index contributed by atoms with van der Waals surface area (Å²) in [4.78, 5) is 27.5. The number of rotatable bonds is 1. The Labute approximate surface area is 123 Å². The highest BCUT2D eigenvalue weighted by atomic mass is 32.2. The Morgan fingerprint density at radius 1 is 1.05 bits per heavy atom. The number of carboxylic acids is 1. The minimum absolute atomic E-state index is 0.0426. The first-order valence-corrected chi connectivity index (χ1v) is 8.71. The van der Waals surface area contributed by atoms with Crippen LogP contribution in [0.3, 0.4) is 0 Å². The zero-order chi connectivity index (χ0) is 14.1. The second kappa shape index (κ2) is 5.84. The van der Waals surface area contributed by atoms with E-state index in [1.807, 2.05) is 4.90 Å². The maximum Gasteiger partial charge on any atom is 0.327 e. The molecule has 3 atom stereocenters. The van der Waals surface area contributed by atoms with Crippen molar-refractivity contribution in [2.75, 3.05) is 18.2 Å². The molecule has 2 heterocycles. The highest BCUT2D eigenvalue weighted by Crippen LogP contribution is 2.36. The summed E-state index contributed by atoms with van der Waals surface area (Å²) in [5, 5.41) is 9.24. The van der Waals surface area contributed by atoms with Crippen molar-refractivity contribution in [1.29, 1.82) is 0 Å². The van der Waals surface area contributed by atoms with Crippen LogP contribution in [-0.4, -0.2) is 57.2 Å². The van der Waals surface area contributed by atoms with Crippen molar-refractivity contribution < 1.29 is 14.7 Å². The second-order valence-electron chi connectivity index (χ2n) is 6.05. The molecule has 1 N–H and O–H groups in total. The summed E-state index contributed by atoms with van der Waals surface area (Å²) in [7, 11) is 0. The minimum Gasteiger partial charge on any atom is -0.480 e. The number of nitrogens with zero attached hydrogens (tertiary/aromatic N) is 2. The minimum atomic E-state index is -0.874. The summed E-state index contributed by atoms with van der Waals surface area (Å²) in [5.41, 5.74) is 0. The fourth-order valence-corrected chi connectivity index (χ4v) is 5.00. The van der Waals surface area contributed by atoms with E-state index in [0.717, 1.165) is 19.4 Å². The normalized spacial score (nSPS) is 33.9. The van der Waals surface area contributed by atoms with Gasteiger partial charge in [0, 0.05) is 18.3 Å². The maximum atomic E-state index is 12.7. The third-order valence-electron chi connectivity index (χ3n) is 4.90. The molecule has 0 bridgehead atoms. The molecule has 3 aliphatic rings. The Morgan fingerprint density at radius 3 is 2.60 bits per heavy atom. The van der Waals surface area contributed by atoms with E-state index in [9.17, 15) is 14.7 Å². The lowest BCUT2D eigenvalue weighted by molar-refractivity contribution is -0.141. The van der Waals surface area contributed by atoms with Crippen molar-refractivity contribution in [2.24, 2.45) is 5.92 Å². The van der Waals surface area contributed by atoms with Crippen LogP contribution in [0.25, 0.3) is 0 Å². The highest BCUT2D eigenvalue weighted by molar-refractivity contribution is 7.99. The highest BCUT2D eigenvalue weighted by Gasteiger charge is 2.42. The number of urea groups is 1. The molecule has 1 saturated carbocycles. The van der Waals surface area contributed by atoms with E-state index < -0.39 is 12.0 Å². The lowest BCUT2D eigenvalue weighted by Gasteiger charge is -2.45. The van der Waals surface area contributed by atoms with Crippen LogP contribution in [0.4, 0.5) is 4.79 Å². The van der Waals surface area contributed by atoms with Gasteiger partial charge < -0.3 is 14.9 Å². The molecule has 2 aliphatic heterocycles. The van der Waals surface area contributed by atoms with Gasteiger partial charge in [0.15, 0.2) is 0 Å². The Bertz CT molecular complexity index is 402. The summed E-state index contributed by atoms with van der Waals surface area (Å²) >= 11 is 1.54. The van der Waals surface area contributed by atoms with Gasteiger partial charge in [-0.25, -0.2) is 9.59 Å². The zero-order valence-electron chi connectivity index (χ0n) is 11.7. The average Bonchev–Trinajstić information content (AvgIpc) is 2.95. The lowest BCUT2D eigenvalue weighted by atomic mass is 9.78. The Hall–Kier alpha value is -0.910. The SMILES string of the molecule is O=C(O)C1CSCN1C(=O)N1CCCC2CCCCC21. The van der Waals surface area contributed by atoms with Gasteiger partial charge in [-0.3, -0.25) is 0 Å². The quantitative estimate of drug-likeness (QED) is 0.806.